The third-order valence-corrected chi connectivity index (χ3v) is 11.3. The Morgan fingerprint density at radius 1 is 0.370 bits per heavy atom. The quantitative estimate of drug-likeness (QED) is 0.0492. The lowest BCUT2D eigenvalue weighted by atomic mass is 10.1. The van der Waals surface area contributed by atoms with Crippen LogP contribution in [0.4, 0.5) is 0 Å². The average Bonchev–Trinajstić information content (AvgIpc) is 3.17. The summed E-state index contributed by atoms with van der Waals surface area (Å²) in [6, 6.07) is 0. The Morgan fingerprint density at radius 3 is 1.00 bits per heavy atom. The van der Waals surface area contributed by atoms with Crippen molar-refractivity contribution >= 4 is 5.97 Å². The molecule has 0 fully saturated rings. The fourth-order valence-electron chi connectivity index (χ4n) is 7.64. The van der Waals surface area contributed by atoms with Gasteiger partial charge in [-0.05, 0) is 58.3 Å². The maximum absolute atomic E-state index is 12.6. The summed E-state index contributed by atoms with van der Waals surface area (Å²) >= 11 is 0. The second kappa shape index (κ2) is 46.7. The van der Waals surface area contributed by atoms with Crippen LogP contribution in [0.2, 0.25) is 0 Å². The lowest BCUT2D eigenvalue weighted by Crippen LogP contribution is -2.30. The van der Waals surface area contributed by atoms with Gasteiger partial charge in [0, 0.05) is 19.5 Å². The molecule has 0 rings (SSSR count). The number of ether oxygens (including phenoxy) is 2. The minimum absolute atomic E-state index is 0.0209. The van der Waals surface area contributed by atoms with E-state index < -0.39 is 0 Å². The van der Waals surface area contributed by atoms with Gasteiger partial charge in [-0.2, -0.15) is 0 Å². The van der Waals surface area contributed by atoms with Crippen molar-refractivity contribution in [3.8, 4) is 0 Å². The van der Waals surface area contributed by atoms with Crippen LogP contribution in [0.5, 0.6) is 0 Å². The van der Waals surface area contributed by atoms with Gasteiger partial charge in [0.2, 0.25) is 0 Å². The van der Waals surface area contributed by atoms with Crippen LogP contribution in [0.1, 0.15) is 239 Å². The second-order valence-corrected chi connectivity index (χ2v) is 16.6. The predicted octanol–water partition coefficient (Wildman–Crippen LogP) is 13.5. The van der Waals surface area contributed by atoms with Crippen LogP contribution in [-0.2, 0) is 14.3 Å². The van der Waals surface area contributed by atoms with Crippen molar-refractivity contribution < 1.29 is 19.4 Å². The Bertz CT molecular complexity index is 684. The van der Waals surface area contributed by atoms with Crippen LogP contribution in [0.3, 0.4) is 0 Å². The van der Waals surface area contributed by atoms with Gasteiger partial charge in [-0.25, -0.2) is 0 Å². The summed E-state index contributed by atoms with van der Waals surface area (Å²) in [5.41, 5.74) is 0. The molecule has 0 unspecified atom stereocenters. The smallest absolute Gasteiger partial charge is 0.305 e. The number of nitrogens with zero attached hydrogens (tertiary/aromatic N) is 2. The van der Waals surface area contributed by atoms with Crippen molar-refractivity contribution in [3.63, 3.8) is 0 Å². The van der Waals surface area contributed by atoms with Crippen LogP contribution < -0.4 is 0 Å². The highest BCUT2D eigenvalue weighted by Gasteiger charge is 2.10. The number of carbonyl (C=O) groups excluding carboxylic acids is 1. The topological polar surface area (TPSA) is 62.2 Å². The number of aliphatic hydroxyl groups excluding tert-OH is 1. The normalized spacial score (nSPS) is 11.7. The van der Waals surface area contributed by atoms with Gasteiger partial charge in [0.1, 0.15) is 6.61 Å². The van der Waals surface area contributed by atoms with Gasteiger partial charge in [-0.15, -0.1) is 0 Å². The SMILES string of the molecule is CCCCCCCCCCCCN(CCCCCC(=O)OCCN(CCCCCCCCCCCC)CCCCCCCCCCCC)CCOCCO. The number of rotatable bonds is 47. The molecule has 54 heavy (non-hydrogen) atoms. The van der Waals surface area contributed by atoms with E-state index in [9.17, 15) is 4.79 Å². The minimum Gasteiger partial charge on any atom is -0.464 e. The summed E-state index contributed by atoms with van der Waals surface area (Å²) in [5.74, 6) is -0.0209. The van der Waals surface area contributed by atoms with E-state index in [1.54, 1.807) is 0 Å². The maximum atomic E-state index is 12.6. The Labute approximate surface area is 339 Å². The molecular formula is C48H98N2O4. The molecule has 0 amide bonds. The molecule has 1 N–H and O–H groups in total. The summed E-state index contributed by atoms with van der Waals surface area (Å²) in [7, 11) is 0. The molecule has 0 aromatic carbocycles. The van der Waals surface area contributed by atoms with Crippen LogP contribution in [0.15, 0.2) is 0 Å². The van der Waals surface area contributed by atoms with Crippen molar-refractivity contribution in [2.75, 3.05) is 65.7 Å². The summed E-state index contributed by atoms with van der Waals surface area (Å²) in [6.45, 7) is 14.9. The fraction of sp³-hybridized carbons (Fsp3) is 0.979. The number of esters is 1. The minimum atomic E-state index is -0.0209. The molecule has 0 saturated heterocycles. The highest BCUT2D eigenvalue weighted by molar-refractivity contribution is 5.69. The number of unbranched alkanes of at least 4 members (excludes halogenated alkanes) is 29. The molecule has 0 heterocycles. The summed E-state index contributed by atoms with van der Waals surface area (Å²) in [6.07, 6.45) is 44.7. The van der Waals surface area contributed by atoms with Crippen molar-refractivity contribution in [1.82, 2.24) is 9.80 Å². The Hall–Kier alpha value is -0.690. The van der Waals surface area contributed by atoms with E-state index in [1.807, 2.05) is 0 Å². The average molecular weight is 767 g/mol. The molecule has 6 nitrogen and oxygen atoms in total. The highest BCUT2D eigenvalue weighted by atomic mass is 16.5. The summed E-state index contributed by atoms with van der Waals surface area (Å²) in [4.78, 5) is 17.7. The zero-order chi connectivity index (χ0) is 39.3. The highest BCUT2D eigenvalue weighted by Crippen LogP contribution is 2.14. The first kappa shape index (κ1) is 53.3. The molecule has 0 aliphatic heterocycles. The molecule has 324 valence electrons. The lowest BCUT2D eigenvalue weighted by Gasteiger charge is -2.22. The van der Waals surface area contributed by atoms with E-state index in [-0.39, 0.29) is 12.6 Å². The molecule has 0 aromatic rings. The van der Waals surface area contributed by atoms with Crippen molar-refractivity contribution in [2.45, 2.75) is 239 Å². The van der Waals surface area contributed by atoms with Crippen LogP contribution in [0.25, 0.3) is 0 Å². The zero-order valence-corrected chi connectivity index (χ0v) is 37.2. The summed E-state index contributed by atoms with van der Waals surface area (Å²) < 4.78 is 11.3. The van der Waals surface area contributed by atoms with E-state index in [2.05, 4.69) is 30.6 Å². The van der Waals surface area contributed by atoms with Gasteiger partial charge in [-0.1, -0.05) is 201 Å². The third kappa shape index (κ3) is 42.5. The van der Waals surface area contributed by atoms with Crippen molar-refractivity contribution in [2.24, 2.45) is 0 Å². The van der Waals surface area contributed by atoms with Gasteiger partial charge in [0.05, 0.1) is 19.8 Å². The van der Waals surface area contributed by atoms with Gasteiger partial charge in [-0.3, -0.25) is 9.69 Å². The van der Waals surface area contributed by atoms with E-state index in [1.165, 1.54) is 193 Å². The van der Waals surface area contributed by atoms with Crippen molar-refractivity contribution in [1.29, 1.82) is 0 Å². The number of hydrogen-bond acceptors (Lipinski definition) is 6. The predicted molar refractivity (Wildman–Crippen MR) is 236 cm³/mol. The number of aliphatic hydroxyl groups is 1. The first-order chi connectivity index (χ1) is 26.7. The standard InChI is InChI=1S/C48H98N2O4/c1-4-7-10-13-16-19-22-25-28-33-38-49(42-45-53-47-44-51)41-36-31-32-37-48(52)54-46-43-50(39-34-29-26-23-20-17-14-11-8-5-2)40-35-30-27-24-21-18-15-12-9-6-3/h51H,4-47H2,1-3H3. The molecule has 0 atom stereocenters. The van der Waals surface area contributed by atoms with Gasteiger partial charge < -0.3 is 19.5 Å². The van der Waals surface area contributed by atoms with Gasteiger partial charge in [0.25, 0.3) is 0 Å². The first-order valence-electron chi connectivity index (χ1n) is 24.5. The molecule has 0 spiro atoms. The Kier molecular flexibility index (Phi) is 46.1. The molecule has 0 aliphatic carbocycles. The van der Waals surface area contributed by atoms with Crippen LogP contribution >= 0.6 is 0 Å². The fourth-order valence-corrected chi connectivity index (χ4v) is 7.64. The van der Waals surface area contributed by atoms with E-state index >= 15 is 0 Å². The van der Waals surface area contributed by atoms with Crippen LogP contribution in [-0.4, -0.2) is 86.6 Å². The van der Waals surface area contributed by atoms with Gasteiger partial charge in [0.15, 0.2) is 0 Å². The van der Waals surface area contributed by atoms with E-state index in [0.29, 0.717) is 26.2 Å². The Morgan fingerprint density at radius 2 is 0.667 bits per heavy atom. The molecule has 0 saturated carbocycles. The zero-order valence-electron chi connectivity index (χ0n) is 37.2. The Balaban J connectivity index is 4.31. The van der Waals surface area contributed by atoms with E-state index in [0.717, 1.165) is 58.5 Å². The molecule has 0 aliphatic rings. The second-order valence-electron chi connectivity index (χ2n) is 16.6. The molecule has 0 radical (unpaired) electrons. The number of carbonyl (C=O) groups is 1. The third-order valence-electron chi connectivity index (χ3n) is 11.3. The lowest BCUT2D eigenvalue weighted by molar-refractivity contribution is -0.144. The summed E-state index contributed by atoms with van der Waals surface area (Å²) in [5, 5.41) is 9.07. The molecule has 6 heteroatoms. The molecule has 0 aromatic heterocycles. The van der Waals surface area contributed by atoms with Crippen molar-refractivity contribution in [3.05, 3.63) is 0 Å². The van der Waals surface area contributed by atoms with Gasteiger partial charge >= 0.3 is 5.97 Å². The number of hydrogen-bond donors (Lipinski definition) is 1. The maximum Gasteiger partial charge on any atom is 0.305 e. The van der Waals surface area contributed by atoms with E-state index in [4.69, 9.17) is 14.6 Å². The van der Waals surface area contributed by atoms with Crippen LogP contribution in [0, 0.1) is 0 Å². The monoisotopic (exact) mass is 767 g/mol. The molecular weight excluding hydrogens is 669 g/mol. The first-order valence-corrected chi connectivity index (χ1v) is 24.5. The largest absolute Gasteiger partial charge is 0.464 e. The molecule has 0 bridgehead atoms.